The summed E-state index contributed by atoms with van der Waals surface area (Å²) in [5.74, 6) is 0.177. The van der Waals surface area contributed by atoms with Gasteiger partial charge in [0.2, 0.25) is 0 Å². The summed E-state index contributed by atoms with van der Waals surface area (Å²) in [7, 11) is 1.57. The number of hydrogen-bond donors (Lipinski definition) is 1. The number of nitrogens with one attached hydrogen (secondary N) is 1. The van der Waals surface area contributed by atoms with E-state index >= 15 is 0 Å². The Hall–Kier alpha value is -3.08. The molecule has 0 fully saturated rings. The maximum Gasteiger partial charge on any atom is 0.349 e. The summed E-state index contributed by atoms with van der Waals surface area (Å²) >= 11 is 0. The molecule has 1 aromatic heterocycles. The first-order valence-corrected chi connectivity index (χ1v) is 7.07. The fraction of sp³-hybridized carbons (Fsp3) is 0.111. The minimum Gasteiger partial charge on any atom is -0.497 e. The first-order valence-electron chi connectivity index (χ1n) is 7.07. The quantitative estimate of drug-likeness (QED) is 0.753. The molecule has 0 aliphatic heterocycles. The topological polar surface area (TPSA) is 68.5 Å². The van der Waals surface area contributed by atoms with Crippen LogP contribution in [0, 0.1) is 6.92 Å². The molecule has 3 rings (SSSR count). The maximum atomic E-state index is 12.3. The smallest absolute Gasteiger partial charge is 0.349 e. The van der Waals surface area contributed by atoms with E-state index in [4.69, 9.17) is 9.15 Å². The lowest BCUT2D eigenvalue weighted by Gasteiger charge is -2.06. The molecule has 0 unspecified atom stereocenters. The lowest BCUT2D eigenvalue weighted by molar-refractivity contribution is 0.102. The molecule has 0 saturated heterocycles. The van der Waals surface area contributed by atoms with Crippen molar-refractivity contribution in [1.82, 2.24) is 0 Å². The van der Waals surface area contributed by atoms with Crippen molar-refractivity contribution in [2.75, 3.05) is 12.4 Å². The van der Waals surface area contributed by atoms with Crippen molar-refractivity contribution in [3.63, 3.8) is 0 Å². The standard InChI is InChI=1S/C18H15NO4/c1-11-3-8-16-12(9-11)10-15(18(21)23-16)17(20)19-13-4-6-14(22-2)7-5-13/h3-10H,1-2H3,(H,19,20). The Morgan fingerprint density at radius 2 is 1.83 bits per heavy atom. The second-order valence-corrected chi connectivity index (χ2v) is 5.17. The second kappa shape index (κ2) is 5.96. The number of hydrogen-bond acceptors (Lipinski definition) is 4. The van der Waals surface area contributed by atoms with Crippen LogP contribution in [0.15, 0.2) is 57.7 Å². The number of anilines is 1. The molecule has 0 aliphatic rings. The van der Waals surface area contributed by atoms with Gasteiger partial charge in [0.05, 0.1) is 7.11 Å². The van der Waals surface area contributed by atoms with Crippen molar-refractivity contribution in [1.29, 1.82) is 0 Å². The predicted molar refractivity (Wildman–Crippen MR) is 88.2 cm³/mol. The average molecular weight is 309 g/mol. The highest BCUT2D eigenvalue weighted by Gasteiger charge is 2.14. The number of aryl methyl sites for hydroxylation is 1. The third kappa shape index (κ3) is 3.08. The molecular formula is C18H15NO4. The summed E-state index contributed by atoms with van der Waals surface area (Å²) in [6.45, 7) is 1.93. The number of amides is 1. The van der Waals surface area contributed by atoms with Crippen LogP contribution in [0.1, 0.15) is 15.9 Å². The van der Waals surface area contributed by atoms with Gasteiger partial charge in [-0.1, -0.05) is 11.6 Å². The fourth-order valence-corrected chi connectivity index (χ4v) is 2.27. The number of carbonyl (C=O) groups excluding carboxylic acids is 1. The zero-order valence-electron chi connectivity index (χ0n) is 12.8. The minimum atomic E-state index is -0.660. The van der Waals surface area contributed by atoms with Gasteiger partial charge in [-0.15, -0.1) is 0 Å². The largest absolute Gasteiger partial charge is 0.497 e. The zero-order chi connectivity index (χ0) is 16.4. The molecular weight excluding hydrogens is 294 g/mol. The SMILES string of the molecule is COc1ccc(NC(=O)c2cc3cc(C)ccc3oc2=O)cc1. The van der Waals surface area contributed by atoms with Gasteiger partial charge < -0.3 is 14.5 Å². The van der Waals surface area contributed by atoms with E-state index in [1.165, 1.54) is 0 Å². The Morgan fingerprint density at radius 1 is 1.09 bits per heavy atom. The normalized spacial score (nSPS) is 10.5. The zero-order valence-corrected chi connectivity index (χ0v) is 12.8. The molecule has 0 atom stereocenters. The van der Waals surface area contributed by atoms with Crippen LogP contribution in [0.3, 0.4) is 0 Å². The van der Waals surface area contributed by atoms with Gasteiger partial charge in [0.15, 0.2) is 0 Å². The monoisotopic (exact) mass is 309 g/mol. The minimum absolute atomic E-state index is 0.0288. The third-order valence-corrected chi connectivity index (χ3v) is 3.48. The Morgan fingerprint density at radius 3 is 2.52 bits per heavy atom. The van der Waals surface area contributed by atoms with Gasteiger partial charge in [0.25, 0.3) is 5.91 Å². The van der Waals surface area contributed by atoms with Crippen LogP contribution in [0.5, 0.6) is 5.75 Å². The van der Waals surface area contributed by atoms with Crippen LogP contribution in [0.4, 0.5) is 5.69 Å². The molecule has 23 heavy (non-hydrogen) atoms. The lowest BCUT2D eigenvalue weighted by Crippen LogP contribution is -2.20. The molecule has 1 N–H and O–H groups in total. The summed E-state index contributed by atoms with van der Waals surface area (Å²) < 4.78 is 10.3. The van der Waals surface area contributed by atoms with Crippen LogP contribution in [-0.4, -0.2) is 13.0 Å². The Balaban J connectivity index is 1.93. The molecule has 3 aromatic rings. The van der Waals surface area contributed by atoms with E-state index in [1.807, 2.05) is 19.1 Å². The van der Waals surface area contributed by atoms with E-state index in [1.54, 1.807) is 43.5 Å². The van der Waals surface area contributed by atoms with Crippen molar-refractivity contribution in [3.05, 3.63) is 70.1 Å². The van der Waals surface area contributed by atoms with E-state index < -0.39 is 11.5 Å². The summed E-state index contributed by atoms with van der Waals surface area (Å²) in [6, 6.07) is 13.8. The predicted octanol–water partition coefficient (Wildman–Crippen LogP) is 3.36. The van der Waals surface area contributed by atoms with E-state index in [-0.39, 0.29) is 5.56 Å². The van der Waals surface area contributed by atoms with Crippen LogP contribution < -0.4 is 15.7 Å². The Bertz CT molecular complexity index is 926. The molecule has 0 spiro atoms. The fourth-order valence-electron chi connectivity index (χ4n) is 2.27. The van der Waals surface area contributed by atoms with Crippen molar-refractivity contribution in [2.24, 2.45) is 0 Å². The van der Waals surface area contributed by atoms with Crippen molar-refractivity contribution in [2.45, 2.75) is 6.92 Å². The number of rotatable bonds is 3. The average Bonchev–Trinajstić information content (AvgIpc) is 2.55. The Kier molecular flexibility index (Phi) is 3.85. The molecule has 0 aliphatic carbocycles. The van der Waals surface area contributed by atoms with E-state index in [2.05, 4.69) is 5.32 Å². The molecule has 5 nitrogen and oxygen atoms in total. The van der Waals surface area contributed by atoms with E-state index in [0.717, 1.165) is 5.56 Å². The van der Waals surface area contributed by atoms with Gasteiger partial charge in [-0.3, -0.25) is 4.79 Å². The van der Waals surface area contributed by atoms with Gasteiger partial charge >= 0.3 is 5.63 Å². The highest BCUT2D eigenvalue weighted by molar-refractivity contribution is 6.05. The lowest BCUT2D eigenvalue weighted by atomic mass is 10.1. The third-order valence-electron chi connectivity index (χ3n) is 3.48. The Labute approximate surface area is 132 Å². The molecule has 0 bridgehead atoms. The second-order valence-electron chi connectivity index (χ2n) is 5.17. The van der Waals surface area contributed by atoms with Crippen LogP contribution in [0.25, 0.3) is 11.0 Å². The summed E-state index contributed by atoms with van der Waals surface area (Å²) in [4.78, 5) is 24.3. The van der Waals surface area contributed by atoms with E-state index in [0.29, 0.717) is 22.4 Å². The summed E-state index contributed by atoms with van der Waals surface area (Å²) in [6.07, 6.45) is 0. The molecule has 116 valence electrons. The molecule has 1 amide bonds. The number of carbonyl (C=O) groups is 1. The molecule has 1 heterocycles. The van der Waals surface area contributed by atoms with Gasteiger partial charge in [-0.05, 0) is 49.4 Å². The maximum absolute atomic E-state index is 12.3. The molecule has 2 aromatic carbocycles. The van der Waals surface area contributed by atoms with Crippen LogP contribution in [0.2, 0.25) is 0 Å². The molecule has 0 saturated carbocycles. The summed E-state index contributed by atoms with van der Waals surface area (Å²) in [5, 5.41) is 3.39. The van der Waals surface area contributed by atoms with Crippen LogP contribution in [-0.2, 0) is 0 Å². The molecule has 0 radical (unpaired) electrons. The first-order chi connectivity index (χ1) is 11.1. The first kappa shape index (κ1) is 14.8. The van der Waals surface area contributed by atoms with Crippen molar-refractivity contribution in [3.8, 4) is 5.75 Å². The van der Waals surface area contributed by atoms with E-state index in [9.17, 15) is 9.59 Å². The molecule has 5 heteroatoms. The number of methoxy groups -OCH3 is 1. The number of ether oxygens (including phenoxy) is 1. The van der Waals surface area contributed by atoms with Crippen molar-refractivity contribution >= 4 is 22.6 Å². The highest BCUT2D eigenvalue weighted by Crippen LogP contribution is 2.18. The van der Waals surface area contributed by atoms with Crippen molar-refractivity contribution < 1.29 is 13.9 Å². The van der Waals surface area contributed by atoms with Crippen LogP contribution >= 0.6 is 0 Å². The number of fused-ring (bicyclic) bond motifs is 1. The number of benzene rings is 2. The van der Waals surface area contributed by atoms with Gasteiger partial charge in [-0.2, -0.15) is 0 Å². The van der Waals surface area contributed by atoms with Gasteiger partial charge in [0, 0.05) is 11.1 Å². The van der Waals surface area contributed by atoms with Gasteiger partial charge in [0.1, 0.15) is 16.9 Å². The van der Waals surface area contributed by atoms with Gasteiger partial charge in [-0.25, -0.2) is 4.79 Å². The highest BCUT2D eigenvalue weighted by atomic mass is 16.5. The summed E-state index contributed by atoms with van der Waals surface area (Å²) in [5.41, 5.74) is 1.36.